The number of hydrogen-bond acceptors (Lipinski definition) is 3. The number of carbonyl (C=O) groups excluding carboxylic acids is 2. The van der Waals surface area contributed by atoms with Crippen LogP contribution in [0, 0.1) is 18.2 Å². The lowest BCUT2D eigenvalue weighted by atomic mass is 9.71. The number of carbonyl (C=O) groups is 2. The van der Waals surface area contributed by atoms with Gasteiger partial charge in [-0.05, 0) is 69.0 Å². The van der Waals surface area contributed by atoms with E-state index in [1.807, 2.05) is 19.1 Å². The molecule has 5 nitrogen and oxygen atoms in total. The van der Waals surface area contributed by atoms with Gasteiger partial charge in [-0.25, -0.2) is 9.37 Å². The molecule has 2 saturated heterocycles. The summed E-state index contributed by atoms with van der Waals surface area (Å²) in [6, 6.07) is 11.5. The van der Waals surface area contributed by atoms with Crippen molar-refractivity contribution in [3.05, 3.63) is 59.7 Å². The van der Waals surface area contributed by atoms with E-state index in [4.69, 9.17) is 0 Å². The summed E-state index contributed by atoms with van der Waals surface area (Å²) in [5.41, 5.74) is 1.59. The van der Waals surface area contributed by atoms with Gasteiger partial charge in [-0.2, -0.15) is 0 Å². The number of pyridine rings is 1. The van der Waals surface area contributed by atoms with Crippen molar-refractivity contribution in [2.45, 2.75) is 32.6 Å². The van der Waals surface area contributed by atoms with E-state index in [0.29, 0.717) is 38.2 Å². The van der Waals surface area contributed by atoms with Gasteiger partial charge in [0.1, 0.15) is 11.5 Å². The minimum Gasteiger partial charge on any atom is -0.337 e. The molecule has 1 aromatic carbocycles. The molecule has 0 aliphatic carbocycles. The first-order valence-electron chi connectivity index (χ1n) is 9.79. The fraction of sp³-hybridized carbons (Fsp3) is 0.409. The van der Waals surface area contributed by atoms with E-state index >= 15 is 0 Å². The smallest absolute Gasteiger partial charge is 0.272 e. The van der Waals surface area contributed by atoms with Crippen LogP contribution < -0.4 is 4.90 Å². The van der Waals surface area contributed by atoms with Crippen LogP contribution in [-0.4, -0.2) is 41.3 Å². The summed E-state index contributed by atoms with van der Waals surface area (Å²) in [6.45, 7) is 3.63. The summed E-state index contributed by atoms with van der Waals surface area (Å²) in [7, 11) is 0. The van der Waals surface area contributed by atoms with Crippen LogP contribution in [0.4, 0.5) is 10.1 Å². The number of piperidine rings is 2. The Morgan fingerprint density at radius 2 is 1.75 bits per heavy atom. The van der Waals surface area contributed by atoms with Crippen LogP contribution in [-0.2, 0) is 4.79 Å². The average molecular weight is 381 g/mol. The maximum Gasteiger partial charge on any atom is 0.272 e. The summed E-state index contributed by atoms with van der Waals surface area (Å²) in [5.74, 6) is -0.275. The first-order valence-corrected chi connectivity index (χ1v) is 9.79. The number of amides is 2. The summed E-state index contributed by atoms with van der Waals surface area (Å²) < 4.78 is 13.2. The number of nitrogens with zero attached hydrogens (tertiary/aromatic N) is 3. The predicted molar refractivity (Wildman–Crippen MR) is 105 cm³/mol. The van der Waals surface area contributed by atoms with Crippen LogP contribution in [0.25, 0.3) is 0 Å². The van der Waals surface area contributed by atoms with E-state index in [-0.39, 0.29) is 17.6 Å². The highest BCUT2D eigenvalue weighted by molar-refractivity contribution is 5.99. The van der Waals surface area contributed by atoms with Gasteiger partial charge < -0.3 is 9.80 Å². The highest BCUT2D eigenvalue weighted by Crippen LogP contribution is 2.42. The van der Waals surface area contributed by atoms with E-state index in [1.54, 1.807) is 28.0 Å². The molecule has 2 aliphatic rings. The second-order valence-electron chi connectivity index (χ2n) is 7.77. The summed E-state index contributed by atoms with van der Waals surface area (Å²) >= 11 is 0. The van der Waals surface area contributed by atoms with Crippen molar-refractivity contribution in [1.29, 1.82) is 0 Å². The van der Waals surface area contributed by atoms with Gasteiger partial charge >= 0.3 is 0 Å². The third-order valence-electron chi connectivity index (χ3n) is 5.99. The van der Waals surface area contributed by atoms with E-state index in [2.05, 4.69) is 4.98 Å². The molecule has 0 N–H and O–H groups in total. The molecule has 0 radical (unpaired) electrons. The lowest BCUT2D eigenvalue weighted by molar-refractivity contribution is -0.133. The van der Waals surface area contributed by atoms with Gasteiger partial charge in [-0.1, -0.05) is 6.07 Å². The Hall–Kier alpha value is -2.76. The minimum atomic E-state index is -0.427. The highest BCUT2D eigenvalue weighted by atomic mass is 19.1. The zero-order valence-electron chi connectivity index (χ0n) is 16.0. The molecule has 4 rings (SSSR count). The van der Waals surface area contributed by atoms with Crippen LogP contribution in [0.2, 0.25) is 0 Å². The van der Waals surface area contributed by atoms with E-state index < -0.39 is 5.41 Å². The van der Waals surface area contributed by atoms with E-state index in [1.165, 1.54) is 12.1 Å². The van der Waals surface area contributed by atoms with Gasteiger partial charge in [-0.3, -0.25) is 9.59 Å². The van der Waals surface area contributed by atoms with Gasteiger partial charge in [0.25, 0.3) is 5.91 Å². The first kappa shape index (κ1) is 18.6. The number of aryl methyl sites for hydroxylation is 1. The number of benzene rings is 1. The zero-order valence-corrected chi connectivity index (χ0v) is 16.0. The highest BCUT2D eigenvalue weighted by Gasteiger charge is 2.46. The number of rotatable bonds is 2. The second-order valence-corrected chi connectivity index (χ2v) is 7.77. The Labute approximate surface area is 164 Å². The van der Waals surface area contributed by atoms with Crippen molar-refractivity contribution < 1.29 is 14.0 Å². The number of halogens is 1. The molecule has 2 aliphatic heterocycles. The van der Waals surface area contributed by atoms with Crippen molar-refractivity contribution >= 4 is 17.5 Å². The summed E-state index contributed by atoms with van der Waals surface area (Å²) in [5, 5.41) is 0. The topological polar surface area (TPSA) is 53.5 Å². The normalized spacial score (nSPS) is 19.1. The minimum absolute atomic E-state index is 0.0720. The van der Waals surface area contributed by atoms with E-state index in [9.17, 15) is 14.0 Å². The monoisotopic (exact) mass is 381 g/mol. The molecule has 0 atom stereocenters. The maximum atomic E-state index is 13.3. The average Bonchev–Trinajstić information content (AvgIpc) is 2.71. The van der Waals surface area contributed by atoms with Gasteiger partial charge in [0.15, 0.2) is 0 Å². The zero-order chi connectivity index (χ0) is 19.7. The summed E-state index contributed by atoms with van der Waals surface area (Å²) in [6.07, 6.45) is 3.06. The molecule has 0 unspecified atom stereocenters. The first-order chi connectivity index (χ1) is 13.5. The van der Waals surface area contributed by atoms with Crippen LogP contribution in [0.3, 0.4) is 0 Å². The standard InChI is InChI=1S/C22H24FN3O2/c1-16-4-2-5-19(24-16)20(27)25-14-11-22(12-15-25)10-3-13-26(21(22)28)18-8-6-17(23)7-9-18/h2,4-9H,3,10-15H2,1H3. The number of likely N-dealkylation sites (tertiary alicyclic amines) is 1. The molecule has 28 heavy (non-hydrogen) atoms. The molecule has 2 aromatic rings. The Morgan fingerprint density at radius 3 is 2.43 bits per heavy atom. The molecule has 146 valence electrons. The Bertz CT molecular complexity index is 889. The third-order valence-corrected chi connectivity index (χ3v) is 5.99. The number of hydrogen-bond donors (Lipinski definition) is 0. The molecule has 2 amide bonds. The quantitative estimate of drug-likeness (QED) is 0.799. The largest absolute Gasteiger partial charge is 0.337 e. The predicted octanol–water partition coefficient (Wildman–Crippen LogP) is 3.58. The molecular formula is C22H24FN3O2. The molecule has 3 heterocycles. The molecular weight excluding hydrogens is 357 g/mol. The fourth-order valence-corrected chi connectivity index (χ4v) is 4.36. The van der Waals surface area contributed by atoms with Crippen LogP contribution in [0.1, 0.15) is 41.9 Å². The van der Waals surface area contributed by atoms with Crippen molar-refractivity contribution in [2.24, 2.45) is 5.41 Å². The van der Waals surface area contributed by atoms with Crippen LogP contribution in [0.15, 0.2) is 42.5 Å². The SMILES string of the molecule is Cc1cccc(C(=O)N2CCC3(CCCN(c4ccc(F)cc4)C3=O)CC2)n1. The molecule has 0 saturated carbocycles. The van der Waals surface area contributed by atoms with Gasteiger partial charge in [0.2, 0.25) is 5.91 Å². The third kappa shape index (κ3) is 3.39. The fourth-order valence-electron chi connectivity index (χ4n) is 4.36. The van der Waals surface area contributed by atoms with Gasteiger partial charge in [0, 0.05) is 31.0 Å². The van der Waals surface area contributed by atoms with Crippen molar-refractivity contribution in [3.8, 4) is 0 Å². The van der Waals surface area contributed by atoms with Crippen molar-refractivity contribution in [3.63, 3.8) is 0 Å². The van der Waals surface area contributed by atoms with Crippen molar-refractivity contribution in [2.75, 3.05) is 24.5 Å². The number of aromatic nitrogens is 1. The molecule has 1 aromatic heterocycles. The molecule has 2 fully saturated rings. The Kier molecular flexibility index (Phi) is 4.87. The molecule has 6 heteroatoms. The summed E-state index contributed by atoms with van der Waals surface area (Å²) in [4.78, 5) is 34.0. The molecule has 1 spiro atoms. The lowest BCUT2D eigenvalue weighted by Gasteiger charge is -2.46. The van der Waals surface area contributed by atoms with Gasteiger partial charge in [0.05, 0.1) is 5.41 Å². The van der Waals surface area contributed by atoms with Gasteiger partial charge in [-0.15, -0.1) is 0 Å². The Balaban J connectivity index is 1.47. The lowest BCUT2D eigenvalue weighted by Crippen LogP contribution is -2.54. The van der Waals surface area contributed by atoms with E-state index in [0.717, 1.165) is 24.2 Å². The molecule has 0 bridgehead atoms. The second kappa shape index (κ2) is 7.34. The van der Waals surface area contributed by atoms with Crippen LogP contribution in [0.5, 0.6) is 0 Å². The van der Waals surface area contributed by atoms with Crippen molar-refractivity contribution in [1.82, 2.24) is 9.88 Å². The number of anilines is 1. The Morgan fingerprint density at radius 1 is 1.04 bits per heavy atom. The maximum absolute atomic E-state index is 13.3. The van der Waals surface area contributed by atoms with Crippen LogP contribution >= 0.6 is 0 Å².